The number of methoxy groups -OCH3 is 1. The van der Waals surface area contributed by atoms with Gasteiger partial charge in [-0.25, -0.2) is 0 Å². The Morgan fingerprint density at radius 3 is 2.55 bits per heavy atom. The van der Waals surface area contributed by atoms with E-state index >= 15 is 0 Å². The van der Waals surface area contributed by atoms with Gasteiger partial charge in [0.2, 0.25) is 0 Å². The molecule has 0 fully saturated rings. The molecule has 0 radical (unpaired) electrons. The highest BCUT2D eigenvalue weighted by atomic mass is 16.5. The number of unbranched alkanes of at least 4 members (excludes halogenated alkanes) is 1. The minimum absolute atomic E-state index is 0.854. The third-order valence-electron chi connectivity index (χ3n) is 3.56. The van der Waals surface area contributed by atoms with Gasteiger partial charge in [-0.3, -0.25) is 4.99 Å². The van der Waals surface area contributed by atoms with Crippen molar-refractivity contribution in [1.29, 1.82) is 0 Å². The Hall–Kier alpha value is -2.09. The largest absolute Gasteiger partial charge is 0.496 e. The molecule has 0 saturated heterocycles. The molecule has 2 heteroatoms. The Balaban J connectivity index is 3.05. The lowest BCUT2D eigenvalue weighted by Crippen LogP contribution is -1.95. The Labute approximate surface area is 134 Å². The first kappa shape index (κ1) is 18.0. The molecule has 0 aliphatic heterocycles. The summed E-state index contributed by atoms with van der Waals surface area (Å²) in [5, 5.41) is 0. The number of benzene rings is 1. The molecule has 0 atom stereocenters. The fourth-order valence-corrected chi connectivity index (χ4v) is 2.35. The number of aliphatic imine (C=N–C) groups is 1. The molecule has 0 saturated carbocycles. The highest BCUT2D eigenvalue weighted by Gasteiger charge is 2.11. The van der Waals surface area contributed by atoms with E-state index in [1.54, 1.807) is 19.4 Å². The maximum Gasteiger partial charge on any atom is 0.122 e. The molecule has 2 nitrogen and oxygen atoms in total. The lowest BCUT2D eigenvalue weighted by molar-refractivity contribution is 0.409. The normalized spacial score (nSPS) is 10.7. The summed E-state index contributed by atoms with van der Waals surface area (Å²) in [7, 11) is 1.70. The molecule has 0 N–H and O–H groups in total. The van der Waals surface area contributed by atoms with Crippen molar-refractivity contribution in [3.8, 4) is 5.75 Å². The molecule has 0 aromatic heterocycles. The van der Waals surface area contributed by atoms with Crippen molar-refractivity contribution >= 4 is 17.5 Å². The number of ether oxygens (including phenoxy) is 1. The second-order valence-electron chi connectivity index (χ2n) is 5.46. The highest BCUT2D eigenvalue weighted by Crippen LogP contribution is 2.34. The summed E-state index contributed by atoms with van der Waals surface area (Å²) in [6.45, 7) is 15.8. The van der Waals surface area contributed by atoms with Crippen LogP contribution in [0.1, 0.15) is 44.2 Å². The number of allylic oxidation sites excluding steroid dienone is 3. The highest BCUT2D eigenvalue weighted by molar-refractivity contribution is 5.82. The first-order valence-electron chi connectivity index (χ1n) is 7.69. The summed E-state index contributed by atoms with van der Waals surface area (Å²) in [5.74, 6) is 0.892. The minimum atomic E-state index is 0.854. The number of hydrogen-bond donors (Lipinski definition) is 0. The van der Waals surface area contributed by atoms with E-state index in [0.29, 0.717) is 0 Å². The van der Waals surface area contributed by atoms with Gasteiger partial charge in [-0.2, -0.15) is 0 Å². The SMILES string of the molecule is C=CC(=C)c1cc(OC)c(CCCCC(=C)C)cc1N=CC. The smallest absolute Gasteiger partial charge is 0.122 e. The zero-order chi connectivity index (χ0) is 16.5. The molecule has 0 heterocycles. The molecule has 0 bridgehead atoms. The number of aryl methyl sites for hydroxylation is 1. The van der Waals surface area contributed by atoms with Crippen molar-refractivity contribution in [1.82, 2.24) is 0 Å². The molecule has 1 rings (SSSR count). The van der Waals surface area contributed by atoms with E-state index < -0.39 is 0 Å². The van der Waals surface area contributed by atoms with Crippen LogP contribution in [0, 0.1) is 0 Å². The van der Waals surface area contributed by atoms with Gasteiger partial charge < -0.3 is 4.74 Å². The van der Waals surface area contributed by atoms with Crippen molar-refractivity contribution in [3.63, 3.8) is 0 Å². The van der Waals surface area contributed by atoms with Crippen LogP contribution in [0.3, 0.4) is 0 Å². The van der Waals surface area contributed by atoms with Gasteiger partial charge >= 0.3 is 0 Å². The topological polar surface area (TPSA) is 21.6 Å². The predicted octanol–water partition coefficient (Wildman–Crippen LogP) is 5.91. The van der Waals surface area contributed by atoms with Crippen LogP contribution in [0.4, 0.5) is 5.69 Å². The number of hydrogen-bond acceptors (Lipinski definition) is 2. The summed E-state index contributed by atoms with van der Waals surface area (Å²) in [6.07, 6.45) is 7.85. The van der Waals surface area contributed by atoms with Crippen molar-refractivity contribution in [2.45, 2.75) is 39.5 Å². The minimum Gasteiger partial charge on any atom is -0.496 e. The second-order valence-corrected chi connectivity index (χ2v) is 5.46. The van der Waals surface area contributed by atoms with E-state index in [2.05, 4.69) is 37.7 Å². The van der Waals surface area contributed by atoms with Crippen LogP contribution in [0.15, 0.2) is 48.5 Å². The van der Waals surface area contributed by atoms with Crippen molar-refractivity contribution in [2.24, 2.45) is 4.99 Å². The van der Waals surface area contributed by atoms with Crippen LogP contribution in [0.25, 0.3) is 5.57 Å². The zero-order valence-corrected chi connectivity index (χ0v) is 14.1. The van der Waals surface area contributed by atoms with Gasteiger partial charge in [0.15, 0.2) is 0 Å². The zero-order valence-electron chi connectivity index (χ0n) is 14.1. The van der Waals surface area contributed by atoms with Gasteiger partial charge in [0.05, 0.1) is 12.8 Å². The van der Waals surface area contributed by atoms with Gasteiger partial charge in [0.1, 0.15) is 5.75 Å². The second kappa shape index (κ2) is 9.04. The van der Waals surface area contributed by atoms with E-state index in [1.807, 2.05) is 13.0 Å². The lowest BCUT2D eigenvalue weighted by Gasteiger charge is -2.14. The van der Waals surface area contributed by atoms with Gasteiger partial charge in [0, 0.05) is 11.8 Å². The monoisotopic (exact) mass is 297 g/mol. The summed E-state index contributed by atoms with van der Waals surface area (Å²) in [5.41, 5.74) is 5.16. The molecule has 0 unspecified atom stereocenters. The standard InChI is InChI=1S/C20H27NO/c1-7-16(5)18-14-20(22-6)17(13-19(18)21-8-2)12-10-9-11-15(3)4/h7-8,13-14H,1,3,5,9-12H2,2,4,6H3. The van der Waals surface area contributed by atoms with E-state index in [9.17, 15) is 0 Å². The average molecular weight is 297 g/mol. The third-order valence-corrected chi connectivity index (χ3v) is 3.56. The molecule has 118 valence electrons. The summed E-state index contributed by atoms with van der Waals surface area (Å²) in [4.78, 5) is 4.46. The average Bonchev–Trinajstić information content (AvgIpc) is 2.51. The Morgan fingerprint density at radius 1 is 1.27 bits per heavy atom. The van der Waals surface area contributed by atoms with E-state index in [-0.39, 0.29) is 0 Å². The van der Waals surface area contributed by atoms with Crippen LogP contribution in [-0.2, 0) is 6.42 Å². The van der Waals surface area contributed by atoms with Crippen molar-refractivity contribution in [3.05, 3.63) is 54.6 Å². The maximum absolute atomic E-state index is 5.55. The molecular formula is C20H27NO. The Morgan fingerprint density at radius 2 is 2.00 bits per heavy atom. The van der Waals surface area contributed by atoms with E-state index in [1.165, 1.54) is 11.1 Å². The molecule has 0 amide bonds. The third kappa shape index (κ3) is 5.03. The Bertz CT molecular complexity index is 582. The van der Waals surface area contributed by atoms with Crippen LogP contribution in [0.2, 0.25) is 0 Å². The fraction of sp³-hybridized carbons (Fsp3) is 0.350. The lowest BCUT2D eigenvalue weighted by atomic mass is 9.98. The van der Waals surface area contributed by atoms with Crippen molar-refractivity contribution < 1.29 is 4.74 Å². The van der Waals surface area contributed by atoms with E-state index in [4.69, 9.17) is 4.74 Å². The molecule has 22 heavy (non-hydrogen) atoms. The number of rotatable bonds is 9. The fourth-order valence-electron chi connectivity index (χ4n) is 2.35. The number of nitrogens with zero attached hydrogens (tertiary/aromatic N) is 1. The first-order chi connectivity index (χ1) is 10.5. The molecular weight excluding hydrogens is 270 g/mol. The van der Waals surface area contributed by atoms with Crippen LogP contribution in [-0.4, -0.2) is 13.3 Å². The van der Waals surface area contributed by atoms with Crippen LogP contribution >= 0.6 is 0 Å². The quantitative estimate of drug-likeness (QED) is 0.240. The Kier molecular flexibility index (Phi) is 7.38. The molecule has 0 aliphatic carbocycles. The molecule has 1 aromatic carbocycles. The predicted molar refractivity (Wildman–Crippen MR) is 98.4 cm³/mol. The molecule has 1 aromatic rings. The van der Waals surface area contributed by atoms with Gasteiger partial charge in [0.25, 0.3) is 0 Å². The maximum atomic E-state index is 5.55. The summed E-state index contributed by atoms with van der Waals surface area (Å²) >= 11 is 0. The molecule has 0 aliphatic rings. The summed E-state index contributed by atoms with van der Waals surface area (Å²) in [6, 6.07) is 4.12. The van der Waals surface area contributed by atoms with Crippen molar-refractivity contribution in [2.75, 3.05) is 7.11 Å². The van der Waals surface area contributed by atoms with Crippen LogP contribution in [0.5, 0.6) is 5.75 Å². The van der Waals surface area contributed by atoms with Gasteiger partial charge in [-0.15, -0.1) is 6.58 Å². The molecule has 0 spiro atoms. The first-order valence-corrected chi connectivity index (χ1v) is 7.69. The van der Waals surface area contributed by atoms with E-state index in [0.717, 1.165) is 48.3 Å². The van der Waals surface area contributed by atoms with Crippen LogP contribution < -0.4 is 4.74 Å². The summed E-state index contributed by atoms with van der Waals surface area (Å²) < 4.78 is 5.55. The van der Waals surface area contributed by atoms with Gasteiger partial charge in [-0.1, -0.05) is 24.8 Å². The van der Waals surface area contributed by atoms with Gasteiger partial charge in [-0.05, 0) is 62.8 Å².